The number of hydrogen-bond donors (Lipinski definition) is 2. The summed E-state index contributed by atoms with van der Waals surface area (Å²) < 4.78 is 0. The number of aromatic nitrogens is 1. The fraction of sp³-hybridized carbons (Fsp3) is 0.750. The molecule has 1 aromatic rings. The molecule has 2 fully saturated rings. The fourth-order valence-corrected chi connectivity index (χ4v) is 5.25. The van der Waals surface area contributed by atoms with Crippen molar-refractivity contribution in [3.63, 3.8) is 0 Å². The van der Waals surface area contributed by atoms with Crippen LogP contribution in [0.1, 0.15) is 47.6 Å². The number of nitrogens with zero attached hydrogens (tertiary/aromatic N) is 2. The first-order valence-corrected chi connectivity index (χ1v) is 10.5. The van der Waals surface area contributed by atoms with Crippen molar-refractivity contribution < 1.29 is 4.79 Å². The zero-order chi connectivity index (χ0) is 16.1. The fourth-order valence-electron chi connectivity index (χ4n) is 3.70. The lowest BCUT2D eigenvalue weighted by Crippen LogP contribution is -2.58. The molecule has 0 bridgehead atoms. The number of amides is 1. The van der Waals surface area contributed by atoms with E-state index in [4.69, 9.17) is 5.73 Å². The summed E-state index contributed by atoms with van der Waals surface area (Å²) in [6, 6.07) is 0. The summed E-state index contributed by atoms with van der Waals surface area (Å²) in [4.78, 5) is 19.3. The number of nitrogens with one attached hydrogen (secondary N) is 1. The highest BCUT2D eigenvalue weighted by Gasteiger charge is 2.38. The minimum absolute atomic E-state index is 0.0581. The Morgan fingerprint density at radius 1 is 1.30 bits per heavy atom. The van der Waals surface area contributed by atoms with Gasteiger partial charge in [0.15, 0.2) is 0 Å². The van der Waals surface area contributed by atoms with Crippen LogP contribution < -0.4 is 11.1 Å². The Kier molecular flexibility index (Phi) is 5.96. The van der Waals surface area contributed by atoms with Crippen molar-refractivity contribution in [3.05, 3.63) is 16.1 Å². The van der Waals surface area contributed by atoms with Crippen molar-refractivity contribution in [1.29, 1.82) is 0 Å². The lowest BCUT2D eigenvalue weighted by atomic mass is 9.80. The number of carbonyl (C=O) groups excluding carboxylic acids is 1. The molecular formula is C16H26N4OS2. The second-order valence-corrected chi connectivity index (χ2v) is 8.57. The normalized spacial score (nSPS) is 22.0. The van der Waals surface area contributed by atoms with Gasteiger partial charge in [-0.2, -0.15) is 11.8 Å². The van der Waals surface area contributed by atoms with Gasteiger partial charge in [-0.1, -0.05) is 19.3 Å². The standard InChI is InChI=1S/C16H26N4OS2/c17-10-14-19-13(11-23-14)15(21)18-12-16(4-2-1-3-5-16)20-6-8-22-9-7-20/h11H,1-10,12,17H2,(H,18,21). The molecule has 7 heteroatoms. The van der Waals surface area contributed by atoms with Gasteiger partial charge in [0, 0.05) is 48.6 Å². The zero-order valence-electron chi connectivity index (χ0n) is 13.6. The lowest BCUT2D eigenvalue weighted by molar-refractivity contribution is 0.0547. The topological polar surface area (TPSA) is 71.2 Å². The van der Waals surface area contributed by atoms with Crippen LogP contribution in [-0.4, -0.2) is 52.5 Å². The monoisotopic (exact) mass is 354 g/mol. The van der Waals surface area contributed by atoms with E-state index in [1.165, 1.54) is 54.9 Å². The third kappa shape index (κ3) is 4.07. The molecule has 3 N–H and O–H groups in total. The molecule has 2 aliphatic rings. The molecule has 1 aliphatic heterocycles. The molecule has 5 nitrogen and oxygen atoms in total. The maximum atomic E-state index is 12.4. The molecule has 0 atom stereocenters. The van der Waals surface area contributed by atoms with Gasteiger partial charge in [0.05, 0.1) is 0 Å². The first-order valence-electron chi connectivity index (χ1n) is 8.49. The van der Waals surface area contributed by atoms with Gasteiger partial charge in [0.2, 0.25) is 0 Å². The van der Waals surface area contributed by atoms with Crippen LogP contribution in [0.2, 0.25) is 0 Å². The molecular weight excluding hydrogens is 328 g/mol. The molecule has 0 radical (unpaired) electrons. The van der Waals surface area contributed by atoms with Gasteiger partial charge < -0.3 is 11.1 Å². The summed E-state index contributed by atoms with van der Waals surface area (Å²) in [7, 11) is 0. The molecule has 0 aromatic carbocycles. The minimum Gasteiger partial charge on any atom is -0.349 e. The van der Waals surface area contributed by atoms with Crippen LogP contribution in [0.15, 0.2) is 5.38 Å². The molecule has 1 amide bonds. The maximum absolute atomic E-state index is 12.4. The Balaban J connectivity index is 1.65. The molecule has 2 heterocycles. The van der Waals surface area contributed by atoms with Gasteiger partial charge in [0.25, 0.3) is 5.91 Å². The average Bonchev–Trinajstić information content (AvgIpc) is 3.10. The molecule has 3 rings (SSSR count). The lowest BCUT2D eigenvalue weighted by Gasteiger charge is -2.48. The van der Waals surface area contributed by atoms with Gasteiger partial charge >= 0.3 is 0 Å². The molecule has 1 aliphatic carbocycles. The second kappa shape index (κ2) is 7.96. The number of carbonyl (C=O) groups is 1. The summed E-state index contributed by atoms with van der Waals surface area (Å²) in [5.41, 5.74) is 6.24. The van der Waals surface area contributed by atoms with E-state index in [9.17, 15) is 4.79 Å². The molecule has 1 saturated carbocycles. The maximum Gasteiger partial charge on any atom is 0.270 e. The first-order chi connectivity index (χ1) is 11.2. The van der Waals surface area contributed by atoms with E-state index in [0.717, 1.165) is 24.6 Å². The molecule has 128 valence electrons. The Morgan fingerprint density at radius 3 is 2.70 bits per heavy atom. The summed E-state index contributed by atoms with van der Waals surface area (Å²) in [6.07, 6.45) is 6.26. The largest absolute Gasteiger partial charge is 0.349 e. The summed E-state index contributed by atoms with van der Waals surface area (Å²) in [5.74, 6) is 2.36. The molecule has 23 heavy (non-hydrogen) atoms. The number of nitrogens with two attached hydrogens (primary N) is 1. The van der Waals surface area contributed by atoms with E-state index >= 15 is 0 Å². The smallest absolute Gasteiger partial charge is 0.270 e. The van der Waals surface area contributed by atoms with Crippen LogP contribution in [-0.2, 0) is 6.54 Å². The second-order valence-electron chi connectivity index (χ2n) is 6.40. The average molecular weight is 355 g/mol. The highest BCUT2D eigenvalue weighted by atomic mass is 32.2. The van der Waals surface area contributed by atoms with Crippen molar-refractivity contribution in [1.82, 2.24) is 15.2 Å². The summed E-state index contributed by atoms with van der Waals surface area (Å²) >= 11 is 3.49. The van der Waals surface area contributed by atoms with Crippen LogP contribution in [0, 0.1) is 0 Å². The summed E-state index contributed by atoms with van der Waals surface area (Å²) in [5, 5.41) is 5.78. The zero-order valence-corrected chi connectivity index (χ0v) is 15.2. The van der Waals surface area contributed by atoms with E-state index in [2.05, 4.69) is 15.2 Å². The molecule has 0 spiro atoms. The number of rotatable bonds is 5. The third-order valence-corrected chi connectivity index (χ3v) is 6.82. The van der Waals surface area contributed by atoms with Crippen LogP contribution in [0.25, 0.3) is 0 Å². The molecule has 1 aromatic heterocycles. The van der Waals surface area contributed by atoms with Gasteiger partial charge in [0.1, 0.15) is 10.7 Å². The van der Waals surface area contributed by atoms with Gasteiger partial charge in [-0.05, 0) is 12.8 Å². The van der Waals surface area contributed by atoms with Crippen LogP contribution in [0.4, 0.5) is 0 Å². The van der Waals surface area contributed by atoms with Crippen molar-refractivity contribution in [2.45, 2.75) is 44.2 Å². The minimum atomic E-state index is -0.0581. The van der Waals surface area contributed by atoms with E-state index in [-0.39, 0.29) is 11.4 Å². The van der Waals surface area contributed by atoms with E-state index in [1.807, 2.05) is 17.1 Å². The summed E-state index contributed by atoms with van der Waals surface area (Å²) in [6.45, 7) is 3.43. The van der Waals surface area contributed by atoms with Crippen molar-refractivity contribution >= 4 is 29.0 Å². The van der Waals surface area contributed by atoms with Crippen molar-refractivity contribution in [2.24, 2.45) is 5.73 Å². The van der Waals surface area contributed by atoms with E-state index in [1.54, 1.807) is 0 Å². The number of thiazole rings is 1. The van der Waals surface area contributed by atoms with E-state index < -0.39 is 0 Å². The Morgan fingerprint density at radius 2 is 2.04 bits per heavy atom. The molecule has 0 unspecified atom stereocenters. The van der Waals surface area contributed by atoms with E-state index in [0.29, 0.717) is 12.2 Å². The predicted octanol–water partition coefficient (Wildman–Crippen LogP) is 2.08. The van der Waals surface area contributed by atoms with Crippen molar-refractivity contribution in [3.8, 4) is 0 Å². The Hall–Kier alpha value is -0.630. The third-order valence-electron chi connectivity index (χ3n) is 5.00. The predicted molar refractivity (Wildman–Crippen MR) is 97.1 cm³/mol. The van der Waals surface area contributed by atoms with Crippen molar-refractivity contribution in [2.75, 3.05) is 31.1 Å². The van der Waals surface area contributed by atoms with Gasteiger partial charge in [-0.15, -0.1) is 11.3 Å². The number of hydrogen-bond acceptors (Lipinski definition) is 6. The number of thioether (sulfide) groups is 1. The first kappa shape index (κ1) is 17.2. The van der Waals surface area contributed by atoms with Crippen LogP contribution in [0.3, 0.4) is 0 Å². The highest BCUT2D eigenvalue weighted by Crippen LogP contribution is 2.34. The quantitative estimate of drug-likeness (QED) is 0.847. The highest BCUT2D eigenvalue weighted by molar-refractivity contribution is 7.99. The van der Waals surface area contributed by atoms with Crippen LogP contribution in [0.5, 0.6) is 0 Å². The Bertz CT molecular complexity index is 522. The van der Waals surface area contributed by atoms with Gasteiger partial charge in [-0.3, -0.25) is 9.69 Å². The van der Waals surface area contributed by atoms with Gasteiger partial charge in [-0.25, -0.2) is 4.98 Å². The van der Waals surface area contributed by atoms with Crippen LogP contribution >= 0.6 is 23.1 Å². The SMILES string of the molecule is NCc1nc(C(=O)NCC2(N3CCSCC3)CCCCC2)cs1. The molecule has 1 saturated heterocycles. The Labute approximate surface area is 146 Å².